The minimum absolute atomic E-state index is 0.0211. The third-order valence-corrected chi connectivity index (χ3v) is 7.06. The smallest absolute Gasteiger partial charge is 0.217 e. The number of hydrogen-bond donors (Lipinski definition) is 2. The minimum Gasteiger partial charge on any atom is -0.489 e. The van der Waals surface area contributed by atoms with Crippen molar-refractivity contribution >= 4 is 23.3 Å². The van der Waals surface area contributed by atoms with Gasteiger partial charge in [0.05, 0.1) is 18.0 Å². The average Bonchev–Trinajstić information content (AvgIpc) is 3.43. The predicted octanol–water partition coefficient (Wildman–Crippen LogP) is 4.33. The van der Waals surface area contributed by atoms with Gasteiger partial charge in [0.1, 0.15) is 17.7 Å². The standard InChI is InChI=1S/C26H35ClN4O2/c1-17-15-28-26(24(27)14-25(17)30-21-6-4-5-7-21)31-13-12-23(16-31)33-22-10-8-20(9-11-22)18(2)29-19(3)32/h4-5,8-11,15,18,21,23-25,30H,6-7,12-14,16H2,1-3H3,(H,29,32). The predicted molar refractivity (Wildman–Crippen MR) is 134 cm³/mol. The Bertz CT molecular complexity index is 919. The Morgan fingerprint density at radius 1 is 1.24 bits per heavy atom. The Labute approximate surface area is 202 Å². The van der Waals surface area contributed by atoms with Gasteiger partial charge in [-0.25, -0.2) is 4.99 Å². The Morgan fingerprint density at radius 3 is 2.67 bits per heavy atom. The van der Waals surface area contributed by atoms with Crippen molar-refractivity contribution in [3.63, 3.8) is 0 Å². The summed E-state index contributed by atoms with van der Waals surface area (Å²) in [6.45, 7) is 7.32. The first kappa shape index (κ1) is 23.8. The van der Waals surface area contributed by atoms with Crippen LogP contribution in [0, 0.1) is 0 Å². The number of alkyl halides is 1. The molecule has 1 aromatic rings. The molecule has 1 saturated heterocycles. The van der Waals surface area contributed by atoms with Crippen molar-refractivity contribution in [3.05, 3.63) is 53.8 Å². The second kappa shape index (κ2) is 10.7. The van der Waals surface area contributed by atoms with Crippen LogP contribution in [0.5, 0.6) is 5.75 Å². The van der Waals surface area contributed by atoms with Gasteiger partial charge in [-0.15, -0.1) is 11.6 Å². The van der Waals surface area contributed by atoms with E-state index in [4.69, 9.17) is 21.3 Å². The molecule has 178 valence electrons. The molecule has 3 aliphatic rings. The Hall–Kier alpha value is -2.31. The molecule has 0 spiro atoms. The molecule has 7 heteroatoms. The van der Waals surface area contributed by atoms with E-state index in [-0.39, 0.29) is 29.5 Å². The third-order valence-electron chi connectivity index (χ3n) is 6.69. The van der Waals surface area contributed by atoms with E-state index >= 15 is 0 Å². The molecule has 0 saturated carbocycles. The summed E-state index contributed by atoms with van der Waals surface area (Å²) >= 11 is 6.87. The van der Waals surface area contributed by atoms with Crippen LogP contribution in [0.3, 0.4) is 0 Å². The van der Waals surface area contributed by atoms with Gasteiger partial charge in [0.15, 0.2) is 0 Å². The Morgan fingerprint density at radius 2 is 1.97 bits per heavy atom. The molecular weight excluding hydrogens is 436 g/mol. The number of nitrogens with zero attached hydrogens (tertiary/aromatic N) is 2. The summed E-state index contributed by atoms with van der Waals surface area (Å²) < 4.78 is 6.25. The lowest BCUT2D eigenvalue weighted by molar-refractivity contribution is -0.119. The molecule has 2 aliphatic heterocycles. The van der Waals surface area contributed by atoms with Gasteiger partial charge in [-0.2, -0.15) is 0 Å². The van der Waals surface area contributed by atoms with Crippen molar-refractivity contribution in [2.45, 2.75) is 76.1 Å². The molecule has 6 nitrogen and oxygen atoms in total. The third kappa shape index (κ3) is 6.18. The van der Waals surface area contributed by atoms with Gasteiger partial charge in [-0.1, -0.05) is 24.3 Å². The average molecular weight is 471 g/mol. The second-order valence-corrected chi connectivity index (χ2v) is 9.92. The molecule has 0 radical (unpaired) electrons. The highest BCUT2D eigenvalue weighted by Gasteiger charge is 2.32. The molecule has 2 N–H and O–H groups in total. The summed E-state index contributed by atoms with van der Waals surface area (Å²) in [7, 11) is 0. The van der Waals surface area contributed by atoms with E-state index < -0.39 is 0 Å². The molecule has 1 aliphatic carbocycles. The fourth-order valence-electron chi connectivity index (χ4n) is 4.80. The zero-order valence-electron chi connectivity index (χ0n) is 19.8. The van der Waals surface area contributed by atoms with E-state index in [2.05, 4.69) is 34.6 Å². The number of amidine groups is 1. The molecule has 4 unspecified atom stereocenters. The van der Waals surface area contributed by atoms with Gasteiger partial charge in [0, 0.05) is 38.2 Å². The minimum atomic E-state index is -0.126. The van der Waals surface area contributed by atoms with Gasteiger partial charge in [0.25, 0.3) is 0 Å². The number of amides is 1. The topological polar surface area (TPSA) is 66.0 Å². The molecule has 33 heavy (non-hydrogen) atoms. The summed E-state index contributed by atoms with van der Waals surface area (Å²) in [5.74, 6) is 1.77. The van der Waals surface area contributed by atoms with Crippen molar-refractivity contribution in [1.29, 1.82) is 0 Å². The molecule has 1 aromatic carbocycles. The normalized spacial score (nSPS) is 26.5. The highest BCUT2D eigenvalue weighted by Crippen LogP contribution is 2.26. The van der Waals surface area contributed by atoms with Gasteiger partial charge in [-0.3, -0.25) is 4.79 Å². The van der Waals surface area contributed by atoms with E-state index in [9.17, 15) is 4.79 Å². The highest BCUT2D eigenvalue weighted by atomic mass is 35.5. The molecule has 1 fully saturated rings. The number of rotatable bonds is 6. The molecule has 1 amide bonds. The largest absolute Gasteiger partial charge is 0.489 e. The summed E-state index contributed by atoms with van der Waals surface area (Å²) in [6.07, 6.45) is 10.5. The van der Waals surface area contributed by atoms with Crippen LogP contribution in [0.15, 0.2) is 53.2 Å². The first-order valence-corrected chi connectivity index (χ1v) is 12.4. The van der Waals surface area contributed by atoms with E-state index in [1.807, 2.05) is 37.4 Å². The van der Waals surface area contributed by atoms with Crippen LogP contribution in [0.25, 0.3) is 0 Å². The van der Waals surface area contributed by atoms with Crippen molar-refractivity contribution in [3.8, 4) is 5.75 Å². The van der Waals surface area contributed by atoms with Gasteiger partial charge < -0.3 is 20.3 Å². The zero-order valence-corrected chi connectivity index (χ0v) is 20.5. The van der Waals surface area contributed by atoms with Crippen molar-refractivity contribution in [2.24, 2.45) is 4.99 Å². The summed E-state index contributed by atoms with van der Waals surface area (Å²) in [6, 6.07) is 8.70. The SMILES string of the molecule is CC(=O)NC(C)c1ccc(OC2CCN(C3=NC=C(C)C(NC4CC=CC4)CC3Cl)C2)cc1. The summed E-state index contributed by atoms with van der Waals surface area (Å²) in [5, 5.41) is 6.54. The highest BCUT2D eigenvalue weighted by molar-refractivity contribution is 6.31. The van der Waals surface area contributed by atoms with Gasteiger partial charge in [0.2, 0.25) is 5.91 Å². The van der Waals surface area contributed by atoms with Gasteiger partial charge >= 0.3 is 0 Å². The molecule has 2 heterocycles. The molecule has 0 bridgehead atoms. The van der Waals surface area contributed by atoms with E-state index in [0.29, 0.717) is 6.04 Å². The first-order chi connectivity index (χ1) is 15.9. The van der Waals surface area contributed by atoms with Crippen LogP contribution in [0.4, 0.5) is 0 Å². The lowest BCUT2D eigenvalue weighted by atomic mass is 10.0. The Balaban J connectivity index is 1.31. The van der Waals surface area contributed by atoms with E-state index in [1.165, 1.54) is 12.5 Å². The summed E-state index contributed by atoms with van der Waals surface area (Å²) in [4.78, 5) is 18.3. The molecule has 0 aromatic heterocycles. The number of carbonyl (C=O) groups is 1. The number of nitrogens with one attached hydrogen (secondary N) is 2. The van der Waals surface area contributed by atoms with Crippen LogP contribution in [0.2, 0.25) is 0 Å². The first-order valence-electron chi connectivity index (χ1n) is 12.0. The van der Waals surface area contributed by atoms with Crippen LogP contribution in [0.1, 0.15) is 58.1 Å². The number of carbonyl (C=O) groups excluding carboxylic acids is 1. The van der Waals surface area contributed by atoms with Crippen LogP contribution < -0.4 is 15.4 Å². The van der Waals surface area contributed by atoms with Crippen LogP contribution in [-0.2, 0) is 4.79 Å². The number of benzene rings is 1. The number of likely N-dealkylation sites (tertiary alicyclic amines) is 1. The lowest BCUT2D eigenvalue weighted by Gasteiger charge is -2.27. The maximum absolute atomic E-state index is 11.3. The second-order valence-electron chi connectivity index (χ2n) is 9.39. The Kier molecular flexibility index (Phi) is 7.76. The number of halogens is 1. The lowest BCUT2D eigenvalue weighted by Crippen LogP contribution is -2.42. The van der Waals surface area contributed by atoms with E-state index in [0.717, 1.165) is 55.9 Å². The van der Waals surface area contributed by atoms with Crippen molar-refractivity contribution in [2.75, 3.05) is 13.1 Å². The fourth-order valence-corrected chi connectivity index (χ4v) is 5.17. The maximum Gasteiger partial charge on any atom is 0.217 e. The van der Waals surface area contributed by atoms with E-state index in [1.54, 1.807) is 0 Å². The van der Waals surface area contributed by atoms with Crippen LogP contribution >= 0.6 is 11.6 Å². The number of ether oxygens (including phenoxy) is 1. The molecule has 4 rings (SSSR count). The van der Waals surface area contributed by atoms with Crippen molar-refractivity contribution < 1.29 is 9.53 Å². The number of hydrogen-bond acceptors (Lipinski definition) is 5. The summed E-state index contributed by atoms with van der Waals surface area (Å²) in [5.41, 5.74) is 2.30. The quantitative estimate of drug-likeness (QED) is 0.479. The zero-order chi connectivity index (χ0) is 23.4. The molecular formula is C26H35ClN4O2. The van der Waals surface area contributed by atoms with Crippen molar-refractivity contribution in [1.82, 2.24) is 15.5 Å². The molecule has 4 atom stereocenters. The monoisotopic (exact) mass is 470 g/mol. The van der Waals surface area contributed by atoms with Crippen LogP contribution in [-0.4, -0.2) is 53.3 Å². The fraction of sp³-hybridized carbons (Fsp3) is 0.538. The number of aliphatic imine (C=N–C) groups is 1. The van der Waals surface area contributed by atoms with Gasteiger partial charge in [-0.05, 0) is 56.4 Å². The maximum atomic E-state index is 11.3.